The van der Waals surface area contributed by atoms with Crippen LogP contribution in [0.3, 0.4) is 0 Å². The van der Waals surface area contributed by atoms with Gasteiger partial charge in [0.25, 0.3) is 0 Å². The molecule has 5 heteroatoms. The van der Waals surface area contributed by atoms with E-state index >= 15 is 0 Å². The van der Waals surface area contributed by atoms with Crippen LogP contribution in [0, 0.1) is 0 Å². The molecule has 0 aliphatic carbocycles. The van der Waals surface area contributed by atoms with Gasteiger partial charge in [-0.3, -0.25) is 4.79 Å². The van der Waals surface area contributed by atoms with E-state index in [-0.39, 0.29) is 17.4 Å². The summed E-state index contributed by atoms with van der Waals surface area (Å²) in [6.07, 6.45) is 0.253. The van der Waals surface area contributed by atoms with Gasteiger partial charge in [0.2, 0.25) is 5.91 Å². The summed E-state index contributed by atoms with van der Waals surface area (Å²) in [7, 11) is 0. The Morgan fingerprint density at radius 1 is 0.839 bits per heavy atom. The van der Waals surface area contributed by atoms with Crippen molar-refractivity contribution in [3.8, 4) is 5.75 Å². The molecular formula is C26H22N2O2S. The van der Waals surface area contributed by atoms with E-state index in [4.69, 9.17) is 17.0 Å². The van der Waals surface area contributed by atoms with Gasteiger partial charge in [0.05, 0.1) is 6.42 Å². The van der Waals surface area contributed by atoms with Crippen LogP contribution in [-0.2, 0) is 17.8 Å². The van der Waals surface area contributed by atoms with E-state index in [0.717, 1.165) is 33.3 Å². The maximum atomic E-state index is 12.5. The first-order valence-electron chi connectivity index (χ1n) is 10.0. The number of benzene rings is 4. The van der Waals surface area contributed by atoms with Crippen LogP contribution in [0.1, 0.15) is 11.1 Å². The fraction of sp³-hybridized carbons (Fsp3) is 0.0769. The van der Waals surface area contributed by atoms with Gasteiger partial charge in [-0.15, -0.1) is 0 Å². The molecule has 31 heavy (non-hydrogen) atoms. The fourth-order valence-corrected chi connectivity index (χ4v) is 3.59. The Labute approximate surface area is 186 Å². The molecule has 0 heterocycles. The zero-order chi connectivity index (χ0) is 21.5. The molecule has 154 valence electrons. The number of thiocarbonyl (C=S) groups is 1. The minimum Gasteiger partial charge on any atom is -0.489 e. The molecule has 0 saturated carbocycles. The summed E-state index contributed by atoms with van der Waals surface area (Å²) in [4.78, 5) is 12.5. The smallest absolute Gasteiger partial charge is 0.230 e. The van der Waals surface area contributed by atoms with Gasteiger partial charge >= 0.3 is 0 Å². The molecule has 0 saturated heterocycles. The average Bonchev–Trinajstić information content (AvgIpc) is 2.79. The highest BCUT2D eigenvalue weighted by Gasteiger charge is 2.09. The van der Waals surface area contributed by atoms with Crippen molar-refractivity contribution < 1.29 is 9.53 Å². The number of carbonyl (C=O) groups is 1. The van der Waals surface area contributed by atoms with Crippen molar-refractivity contribution in [2.24, 2.45) is 0 Å². The zero-order valence-corrected chi connectivity index (χ0v) is 17.7. The molecule has 0 fully saturated rings. The largest absolute Gasteiger partial charge is 0.489 e. The SMILES string of the molecule is O=C(Cc1cccc2ccccc12)NC(=S)Nc1cccc(OCc2ccccc2)c1. The van der Waals surface area contributed by atoms with Crippen molar-refractivity contribution in [3.05, 3.63) is 108 Å². The topological polar surface area (TPSA) is 50.4 Å². The van der Waals surface area contributed by atoms with E-state index in [9.17, 15) is 4.79 Å². The molecular weight excluding hydrogens is 404 g/mol. The Balaban J connectivity index is 1.33. The van der Waals surface area contributed by atoms with Crippen LogP contribution in [0.4, 0.5) is 5.69 Å². The Bertz CT molecular complexity index is 1200. The summed E-state index contributed by atoms with van der Waals surface area (Å²) >= 11 is 5.32. The molecule has 0 aliphatic heterocycles. The van der Waals surface area contributed by atoms with Crippen molar-refractivity contribution in [2.75, 3.05) is 5.32 Å². The van der Waals surface area contributed by atoms with Crippen molar-refractivity contribution in [3.63, 3.8) is 0 Å². The van der Waals surface area contributed by atoms with Gasteiger partial charge in [0.1, 0.15) is 12.4 Å². The van der Waals surface area contributed by atoms with Crippen LogP contribution in [0.5, 0.6) is 5.75 Å². The number of ether oxygens (including phenoxy) is 1. The summed E-state index contributed by atoms with van der Waals surface area (Å²) in [5.41, 5.74) is 2.81. The molecule has 4 aromatic carbocycles. The van der Waals surface area contributed by atoms with Gasteiger partial charge in [0.15, 0.2) is 5.11 Å². The van der Waals surface area contributed by atoms with Crippen LogP contribution in [0.15, 0.2) is 97.1 Å². The molecule has 0 unspecified atom stereocenters. The number of rotatable bonds is 6. The third-order valence-corrected chi connectivity index (χ3v) is 5.03. The Morgan fingerprint density at radius 3 is 2.45 bits per heavy atom. The highest BCUT2D eigenvalue weighted by molar-refractivity contribution is 7.80. The van der Waals surface area contributed by atoms with Gasteiger partial charge in [-0.25, -0.2) is 0 Å². The molecule has 0 spiro atoms. The summed E-state index contributed by atoms with van der Waals surface area (Å²) in [5.74, 6) is 0.559. The van der Waals surface area contributed by atoms with Crippen LogP contribution >= 0.6 is 12.2 Å². The quantitative estimate of drug-likeness (QED) is 0.401. The van der Waals surface area contributed by atoms with Gasteiger partial charge < -0.3 is 15.4 Å². The van der Waals surface area contributed by atoms with Crippen LogP contribution in [-0.4, -0.2) is 11.0 Å². The highest BCUT2D eigenvalue weighted by Crippen LogP contribution is 2.20. The maximum Gasteiger partial charge on any atom is 0.230 e. The summed E-state index contributed by atoms with van der Waals surface area (Å²) in [6, 6.07) is 31.5. The number of amides is 1. The summed E-state index contributed by atoms with van der Waals surface area (Å²) in [5, 5.41) is 8.25. The maximum absolute atomic E-state index is 12.5. The zero-order valence-electron chi connectivity index (χ0n) is 16.9. The summed E-state index contributed by atoms with van der Waals surface area (Å²) in [6.45, 7) is 0.483. The second-order valence-electron chi connectivity index (χ2n) is 7.12. The van der Waals surface area contributed by atoms with E-state index in [1.807, 2.05) is 97.1 Å². The third-order valence-electron chi connectivity index (χ3n) is 4.82. The predicted molar refractivity (Wildman–Crippen MR) is 129 cm³/mol. The van der Waals surface area contributed by atoms with E-state index in [1.54, 1.807) is 0 Å². The van der Waals surface area contributed by atoms with Gasteiger partial charge in [-0.2, -0.15) is 0 Å². The number of hydrogen-bond donors (Lipinski definition) is 2. The van der Waals surface area contributed by atoms with Gasteiger partial charge in [-0.1, -0.05) is 78.9 Å². The molecule has 0 radical (unpaired) electrons. The second-order valence-corrected chi connectivity index (χ2v) is 7.53. The second kappa shape index (κ2) is 9.87. The first kappa shape index (κ1) is 20.6. The average molecular weight is 427 g/mol. The Kier molecular flexibility index (Phi) is 6.55. The number of hydrogen-bond acceptors (Lipinski definition) is 3. The van der Waals surface area contributed by atoms with Crippen LogP contribution in [0.2, 0.25) is 0 Å². The lowest BCUT2D eigenvalue weighted by Gasteiger charge is -2.12. The minimum absolute atomic E-state index is 0.162. The number of anilines is 1. The summed E-state index contributed by atoms with van der Waals surface area (Å²) < 4.78 is 5.84. The number of carbonyl (C=O) groups excluding carboxylic acids is 1. The van der Waals surface area contributed by atoms with Gasteiger partial charge in [-0.05, 0) is 46.2 Å². The van der Waals surface area contributed by atoms with Crippen molar-refractivity contribution >= 4 is 39.7 Å². The lowest BCUT2D eigenvalue weighted by Crippen LogP contribution is -2.35. The molecule has 1 amide bonds. The minimum atomic E-state index is -0.162. The van der Waals surface area contributed by atoms with Crippen LogP contribution in [0.25, 0.3) is 10.8 Å². The van der Waals surface area contributed by atoms with Gasteiger partial charge in [0, 0.05) is 11.8 Å². The van der Waals surface area contributed by atoms with E-state index in [2.05, 4.69) is 10.6 Å². The van der Waals surface area contributed by atoms with Crippen molar-refractivity contribution in [2.45, 2.75) is 13.0 Å². The number of nitrogens with one attached hydrogen (secondary N) is 2. The standard InChI is InChI=1S/C26H22N2O2S/c29-25(16-21-12-6-11-20-10-4-5-15-24(20)21)28-26(31)27-22-13-7-14-23(17-22)30-18-19-8-2-1-3-9-19/h1-15,17H,16,18H2,(H2,27,28,29,31). The highest BCUT2D eigenvalue weighted by atomic mass is 32.1. The molecule has 0 atom stereocenters. The molecule has 4 rings (SSSR count). The molecule has 4 aromatic rings. The monoisotopic (exact) mass is 426 g/mol. The number of fused-ring (bicyclic) bond motifs is 1. The Hall–Kier alpha value is -3.70. The lowest BCUT2D eigenvalue weighted by molar-refractivity contribution is -0.119. The molecule has 0 aliphatic rings. The molecule has 2 N–H and O–H groups in total. The van der Waals surface area contributed by atoms with E-state index < -0.39 is 0 Å². The third kappa shape index (κ3) is 5.68. The Morgan fingerprint density at radius 2 is 1.58 bits per heavy atom. The van der Waals surface area contributed by atoms with Crippen molar-refractivity contribution in [1.29, 1.82) is 0 Å². The first-order valence-corrected chi connectivity index (χ1v) is 10.4. The molecule has 0 aromatic heterocycles. The molecule has 4 nitrogen and oxygen atoms in total. The molecule has 0 bridgehead atoms. The van der Waals surface area contributed by atoms with Crippen molar-refractivity contribution in [1.82, 2.24) is 5.32 Å². The first-order chi connectivity index (χ1) is 15.2. The fourth-order valence-electron chi connectivity index (χ4n) is 3.36. The lowest BCUT2D eigenvalue weighted by atomic mass is 10.0. The van der Waals surface area contributed by atoms with E-state index in [1.165, 1.54) is 0 Å². The van der Waals surface area contributed by atoms with E-state index in [0.29, 0.717) is 6.61 Å². The normalized spacial score (nSPS) is 10.5. The predicted octanol–water partition coefficient (Wildman–Crippen LogP) is 5.47. The van der Waals surface area contributed by atoms with Crippen LogP contribution < -0.4 is 15.4 Å².